The molecule has 0 aromatic carbocycles. The van der Waals surface area contributed by atoms with Gasteiger partial charge in [-0.3, -0.25) is 0 Å². The van der Waals surface area contributed by atoms with Gasteiger partial charge in [0.2, 0.25) is 0 Å². The van der Waals surface area contributed by atoms with Crippen molar-refractivity contribution in [3.05, 3.63) is 23.3 Å². The summed E-state index contributed by atoms with van der Waals surface area (Å²) in [6.07, 6.45) is 5.38. The average molecular weight is 316 g/mol. The van der Waals surface area contributed by atoms with E-state index < -0.39 is 16.3 Å². The van der Waals surface area contributed by atoms with Crippen LogP contribution in [0.1, 0.15) is 33.6 Å². The monoisotopic (exact) mass is 316 g/mol. The van der Waals surface area contributed by atoms with Crippen LogP contribution in [-0.2, 0) is 8.83 Å². The van der Waals surface area contributed by atoms with Gasteiger partial charge in [0.1, 0.15) is 6.61 Å². The first-order valence-electron chi connectivity index (χ1n) is 5.58. The van der Waals surface area contributed by atoms with Crippen molar-refractivity contribution in [2.75, 3.05) is 6.61 Å². The molecule has 0 atom stereocenters. The molecule has 0 heterocycles. The van der Waals surface area contributed by atoms with Gasteiger partial charge >= 0.3 is 16.3 Å². The Morgan fingerprint density at radius 3 is 2.05 bits per heavy atom. The highest BCUT2D eigenvalue weighted by Gasteiger charge is 2.57. The fourth-order valence-corrected chi connectivity index (χ4v) is 2.73. The molecule has 9 heteroatoms. The van der Waals surface area contributed by atoms with E-state index in [0.717, 1.165) is 18.4 Å². The second kappa shape index (κ2) is 8.37. The lowest BCUT2D eigenvalue weighted by Crippen LogP contribution is -2.03. The van der Waals surface area contributed by atoms with E-state index in [1.54, 1.807) is 6.08 Å². The summed E-state index contributed by atoms with van der Waals surface area (Å²) in [7, 11) is -9.15. The summed E-state index contributed by atoms with van der Waals surface area (Å²) in [5.41, 5.74) is 2.21. The molecule has 0 unspecified atom stereocenters. The van der Waals surface area contributed by atoms with Gasteiger partial charge in [-0.2, -0.15) is 24.5 Å². The van der Waals surface area contributed by atoms with Crippen LogP contribution in [-0.4, -0.2) is 31.1 Å². The molecule has 0 radical (unpaired) electrons. The Kier molecular flexibility index (Phi) is 8.40. The zero-order chi connectivity index (χ0) is 15.1. The molecule has 7 nitrogen and oxygen atoms in total. The quantitative estimate of drug-likeness (QED) is 0.343. The van der Waals surface area contributed by atoms with Gasteiger partial charge in [0, 0.05) is 0 Å². The molecule has 0 saturated heterocycles. The van der Waals surface area contributed by atoms with Crippen LogP contribution in [0, 0.1) is 0 Å². The van der Waals surface area contributed by atoms with E-state index in [9.17, 15) is 0 Å². The maximum absolute atomic E-state index is 9.14. The summed E-state index contributed by atoms with van der Waals surface area (Å²) in [6.45, 7) is 5.70. The van der Waals surface area contributed by atoms with Crippen molar-refractivity contribution in [2.45, 2.75) is 33.6 Å². The Labute approximate surface area is 114 Å². The second-order valence-corrected chi connectivity index (χ2v) is 7.17. The molecular formula is C10H22O7P2+2. The van der Waals surface area contributed by atoms with Crippen LogP contribution < -0.4 is 0 Å². The maximum Gasteiger partial charge on any atom is 0.620 e. The number of allylic oxidation sites excluding steroid dienone is 3. The molecule has 0 aliphatic rings. The van der Waals surface area contributed by atoms with Gasteiger partial charge in [-0.15, -0.1) is 4.52 Å². The molecule has 0 spiro atoms. The highest BCUT2D eigenvalue weighted by molar-refractivity contribution is 7.67. The van der Waals surface area contributed by atoms with Gasteiger partial charge in [0.25, 0.3) is 0 Å². The lowest BCUT2D eigenvalue weighted by molar-refractivity contribution is 0.144. The largest absolute Gasteiger partial charge is 0.620 e. The van der Waals surface area contributed by atoms with Crippen molar-refractivity contribution < 1.29 is 33.3 Å². The van der Waals surface area contributed by atoms with E-state index in [4.69, 9.17) is 24.5 Å². The smallest absolute Gasteiger partial charge is 0.165 e. The van der Waals surface area contributed by atoms with Gasteiger partial charge in [0.05, 0.1) is 4.31 Å². The van der Waals surface area contributed by atoms with Crippen molar-refractivity contribution in [1.29, 1.82) is 0 Å². The first-order valence-corrected chi connectivity index (χ1v) is 8.68. The van der Waals surface area contributed by atoms with Crippen LogP contribution in [0.15, 0.2) is 23.3 Å². The van der Waals surface area contributed by atoms with E-state index >= 15 is 0 Å². The number of hydrogen-bond acceptors (Lipinski definition) is 7. The molecule has 5 N–H and O–H groups in total. The summed E-state index contributed by atoms with van der Waals surface area (Å²) >= 11 is 0. The Bertz CT molecular complexity index is 329. The fourth-order valence-electron chi connectivity index (χ4n) is 1.13. The molecule has 0 amide bonds. The van der Waals surface area contributed by atoms with Crippen molar-refractivity contribution in [3.8, 4) is 0 Å². The van der Waals surface area contributed by atoms with Gasteiger partial charge in [-0.05, 0) is 33.6 Å². The number of hydrogen-bond donors (Lipinski definition) is 5. The standard InChI is InChI=1S/C10H22O7P2/c1-9(2)5-4-6-10(3)7-8-16-19(14,15)17-18(11,12)13/h5,7,11-15H,4,6,8H2,1-3H3/q+2/b10-7+. The zero-order valence-electron chi connectivity index (χ0n) is 11.2. The van der Waals surface area contributed by atoms with E-state index in [2.05, 4.69) is 14.9 Å². The lowest BCUT2D eigenvalue weighted by atomic mass is 10.1. The van der Waals surface area contributed by atoms with Crippen LogP contribution in [0.3, 0.4) is 0 Å². The SMILES string of the molecule is CC(C)=CCC/C(C)=C/CO[P+](O)(O)O[P+](O)(O)O. The lowest BCUT2D eigenvalue weighted by Gasteiger charge is -2.06. The van der Waals surface area contributed by atoms with Crippen molar-refractivity contribution in [3.63, 3.8) is 0 Å². The minimum atomic E-state index is -4.73. The normalized spacial score (nSPS) is 13.6. The topological polar surface area (TPSA) is 120 Å². The Hall–Kier alpha value is 0.0600. The molecule has 0 aliphatic carbocycles. The van der Waals surface area contributed by atoms with E-state index in [-0.39, 0.29) is 6.61 Å². The third-order valence-electron chi connectivity index (χ3n) is 1.98. The maximum atomic E-state index is 9.14. The molecule has 0 aromatic heterocycles. The second-order valence-electron chi connectivity index (χ2n) is 4.25. The Morgan fingerprint density at radius 1 is 1.00 bits per heavy atom. The predicted molar refractivity (Wildman–Crippen MR) is 74.4 cm³/mol. The van der Waals surface area contributed by atoms with Crippen molar-refractivity contribution in [2.24, 2.45) is 0 Å². The highest BCUT2D eigenvalue weighted by Crippen LogP contribution is 2.67. The van der Waals surface area contributed by atoms with E-state index in [0.29, 0.717) is 0 Å². The molecule has 19 heavy (non-hydrogen) atoms. The third-order valence-corrected chi connectivity index (χ3v) is 4.19. The van der Waals surface area contributed by atoms with Crippen molar-refractivity contribution >= 4 is 16.3 Å². The van der Waals surface area contributed by atoms with Crippen LogP contribution in [0.2, 0.25) is 0 Å². The minimum absolute atomic E-state index is 0.165. The van der Waals surface area contributed by atoms with Crippen LogP contribution in [0.5, 0.6) is 0 Å². The Balaban J connectivity index is 4.09. The minimum Gasteiger partial charge on any atom is -0.165 e. The summed E-state index contributed by atoms with van der Waals surface area (Å²) < 4.78 is 8.42. The fraction of sp³-hybridized carbons (Fsp3) is 0.600. The highest BCUT2D eigenvalue weighted by atomic mass is 31.3. The number of rotatable bonds is 8. The average Bonchev–Trinajstić information content (AvgIpc) is 2.12. The molecule has 0 aliphatic heterocycles. The predicted octanol–water partition coefficient (Wildman–Crippen LogP) is 2.03. The molecule has 112 valence electrons. The molecule has 0 saturated carbocycles. The van der Waals surface area contributed by atoms with Crippen LogP contribution >= 0.6 is 16.3 Å². The van der Waals surface area contributed by atoms with Crippen molar-refractivity contribution in [1.82, 2.24) is 0 Å². The van der Waals surface area contributed by atoms with Gasteiger partial charge in [-0.25, -0.2) is 0 Å². The van der Waals surface area contributed by atoms with Crippen LogP contribution in [0.25, 0.3) is 0 Å². The summed E-state index contributed by atoms with van der Waals surface area (Å²) in [5.74, 6) is 0. The summed E-state index contributed by atoms with van der Waals surface area (Å²) in [6, 6.07) is 0. The van der Waals surface area contributed by atoms with E-state index in [1.807, 2.05) is 20.8 Å². The molecular weight excluding hydrogens is 294 g/mol. The van der Waals surface area contributed by atoms with Gasteiger partial charge < -0.3 is 0 Å². The molecule has 0 aromatic rings. The van der Waals surface area contributed by atoms with Gasteiger partial charge in [0.15, 0.2) is 0 Å². The summed E-state index contributed by atoms with van der Waals surface area (Å²) in [4.78, 5) is 43.9. The molecule has 0 rings (SSSR count). The molecule has 0 fully saturated rings. The van der Waals surface area contributed by atoms with Crippen LogP contribution in [0.4, 0.5) is 0 Å². The Morgan fingerprint density at radius 2 is 1.58 bits per heavy atom. The first-order chi connectivity index (χ1) is 8.52. The van der Waals surface area contributed by atoms with E-state index in [1.165, 1.54) is 5.57 Å². The zero-order valence-corrected chi connectivity index (χ0v) is 13.0. The first kappa shape index (κ1) is 19.1. The summed E-state index contributed by atoms with van der Waals surface area (Å²) in [5, 5.41) is 0. The third kappa shape index (κ3) is 12.8. The van der Waals surface area contributed by atoms with Gasteiger partial charge in [-0.1, -0.05) is 23.3 Å². The molecule has 0 bridgehead atoms.